The van der Waals surface area contributed by atoms with Crippen molar-refractivity contribution in [1.82, 2.24) is 9.80 Å². The molecule has 0 saturated carbocycles. The van der Waals surface area contributed by atoms with Crippen LogP contribution in [0.3, 0.4) is 0 Å². The number of fused-ring (bicyclic) bond motifs is 1. The van der Waals surface area contributed by atoms with Crippen molar-refractivity contribution in [1.29, 1.82) is 0 Å². The van der Waals surface area contributed by atoms with Crippen LogP contribution in [0.5, 0.6) is 0 Å². The molecule has 132 valence electrons. The molecule has 1 saturated heterocycles. The van der Waals surface area contributed by atoms with Crippen LogP contribution in [0.4, 0.5) is 0 Å². The number of aliphatic carboxylic acids is 1. The van der Waals surface area contributed by atoms with Gasteiger partial charge in [-0.1, -0.05) is 18.2 Å². The molecule has 0 aromatic heterocycles. The highest BCUT2D eigenvalue weighted by Crippen LogP contribution is 2.23. The molecule has 1 N–H and O–H groups in total. The second-order valence-electron chi connectivity index (χ2n) is 6.68. The molecule has 2 aliphatic rings. The maximum atomic E-state index is 10.8. The summed E-state index contributed by atoms with van der Waals surface area (Å²) in [7, 11) is 1.82. The fraction of sp³-hybridized carbons (Fsp3) is 0.611. The van der Waals surface area contributed by atoms with Gasteiger partial charge in [0.25, 0.3) is 0 Å². The van der Waals surface area contributed by atoms with E-state index in [4.69, 9.17) is 14.6 Å². The number of likely N-dealkylation sites (N-methyl/N-ethyl adjacent to an activating group) is 1. The predicted molar refractivity (Wildman–Crippen MR) is 90.0 cm³/mol. The summed E-state index contributed by atoms with van der Waals surface area (Å²) in [5.74, 6) is -0.803. The van der Waals surface area contributed by atoms with Gasteiger partial charge >= 0.3 is 5.97 Å². The predicted octanol–water partition coefficient (Wildman–Crippen LogP) is 0.977. The number of nitrogens with zero attached hydrogens (tertiary/aromatic N) is 2. The number of carboxylic acids is 1. The van der Waals surface area contributed by atoms with E-state index in [1.165, 1.54) is 16.7 Å². The normalized spacial score (nSPS) is 21.7. The summed E-state index contributed by atoms with van der Waals surface area (Å²) >= 11 is 0. The van der Waals surface area contributed by atoms with Gasteiger partial charge in [0.15, 0.2) is 0 Å². The van der Waals surface area contributed by atoms with Crippen LogP contribution in [-0.4, -0.2) is 73.4 Å². The van der Waals surface area contributed by atoms with Gasteiger partial charge in [0, 0.05) is 26.2 Å². The summed E-state index contributed by atoms with van der Waals surface area (Å²) < 4.78 is 11.4. The standard InChI is InChI=1S/C18H26N2O4/c1-19(12-18(21)22)10-16-11-20(6-8-24-16)9-14-3-2-4-15-13-23-7-5-17(14)15/h2-4,16H,5-13H2,1H3,(H,21,22). The van der Waals surface area contributed by atoms with Crippen molar-refractivity contribution in [3.05, 3.63) is 34.9 Å². The van der Waals surface area contributed by atoms with Crippen LogP contribution < -0.4 is 0 Å². The number of carbonyl (C=O) groups is 1. The number of morpholine rings is 1. The summed E-state index contributed by atoms with van der Waals surface area (Å²) in [5, 5.41) is 8.87. The van der Waals surface area contributed by atoms with Gasteiger partial charge in [0.1, 0.15) is 0 Å². The van der Waals surface area contributed by atoms with E-state index in [1.807, 2.05) is 7.05 Å². The summed E-state index contributed by atoms with van der Waals surface area (Å²) in [5.41, 5.74) is 4.13. The molecule has 0 radical (unpaired) electrons. The maximum absolute atomic E-state index is 10.8. The summed E-state index contributed by atoms with van der Waals surface area (Å²) in [6, 6.07) is 6.48. The second-order valence-corrected chi connectivity index (χ2v) is 6.68. The maximum Gasteiger partial charge on any atom is 0.317 e. The van der Waals surface area contributed by atoms with Crippen LogP contribution in [0.15, 0.2) is 18.2 Å². The summed E-state index contributed by atoms with van der Waals surface area (Å²) in [6.45, 7) is 5.58. The van der Waals surface area contributed by atoms with E-state index in [2.05, 4.69) is 23.1 Å². The average Bonchev–Trinajstić information content (AvgIpc) is 2.55. The number of carboxylic acid groups (broad SMARTS) is 1. The summed E-state index contributed by atoms with van der Waals surface area (Å²) in [6.07, 6.45) is 1.05. The van der Waals surface area contributed by atoms with E-state index in [0.29, 0.717) is 13.2 Å². The molecule has 0 bridgehead atoms. The Balaban J connectivity index is 1.59. The lowest BCUT2D eigenvalue weighted by Crippen LogP contribution is -2.47. The second kappa shape index (κ2) is 8.07. The Morgan fingerprint density at radius 2 is 2.29 bits per heavy atom. The van der Waals surface area contributed by atoms with E-state index in [0.717, 1.165) is 39.3 Å². The van der Waals surface area contributed by atoms with Gasteiger partial charge in [-0.3, -0.25) is 14.6 Å². The Kier molecular flexibility index (Phi) is 5.84. The third-order valence-electron chi connectivity index (χ3n) is 4.66. The van der Waals surface area contributed by atoms with Gasteiger partial charge in [-0.25, -0.2) is 0 Å². The zero-order chi connectivity index (χ0) is 16.9. The molecule has 1 aromatic carbocycles. The van der Waals surface area contributed by atoms with Gasteiger partial charge in [0.2, 0.25) is 0 Å². The third-order valence-corrected chi connectivity index (χ3v) is 4.66. The van der Waals surface area contributed by atoms with E-state index in [9.17, 15) is 4.79 Å². The van der Waals surface area contributed by atoms with Gasteiger partial charge in [-0.05, 0) is 30.2 Å². The molecule has 1 aromatic rings. The summed E-state index contributed by atoms with van der Waals surface area (Å²) in [4.78, 5) is 15.0. The molecule has 1 unspecified atom stereocenters. The van der Waals surface area contributed by atoms with E-state index >= 15 is 0 Å². The first-order chi connectivity index (χ1) is 11.6. The third kappa shape index (κ3) is 4.54. The minimum Gasteiger partial charge on any atom is -0.480 e. The van der Waals surface area contributed by atoms with Crippen molar-refractivity contribution in [2.24, 2.45) is 0 Å². The highest BCUT2D eigenvalue weighted by molar-refractivity contribution is 5.69. The average molecular weight is 334 g/mol. The molecule has 3 rings (SSSR count). The zero-order valence-corrected chi connectivity index (χ0v) is 14.2. The quantitative estimate of drug-likeness (QED) is 0.837. The lowest BCUT2D eigenvalue weighted by Gasteiger charge is -2.35. The molecule has 0 amide bonds. The van der Waals surface area contributed by atoms with Crippen LogP contribution >= 0.6 is 0 Å². The van der Waals surface area contributed by atoms with Crippen LogP contribution in [0.25, 0.3) is 0 Å². The first kappa shape index (κ1) is 17.4. The van der Waals surface area contributed by atoms with E-state index in [1.54, 1.807) is 4.90 Å². The molecule has 24 heavy (non-hydrogen) atoms. The Hall–Kier alpha value is -1.47. The number of benzene rings is 1. The molecule has 2 aliphatic heterocycles. The smallest absolute Gasteiger partial charge is 0.317 e. The fourth-order valence-corrected chi connectivity index (χ4v) is 3.57. The molecular formula is C18H26N2O4. The zero-order valence-electron chi connectivity index (χ0n) is 14.2. The van der Waals surface area contributed by atoms with Crippen molar-refractivity contribution in [2.75, 3.05) is 46.4 Å². The molecule has 6 heteroatoms. The highest BCUT2D eigenvalue weighted by Gasteiger charge is 2.23. The number of ether oxygens (including phenoxy) is 2. The van der Waals surface area contributed by atoms with Crippen LogP contribution in [0.1, 0.15) is 16.7 Å². The lowest BCUT2D eigenvalue weighted by atomic mass is 9.96. The first-order valence-electron chi connectivity index (χ1n) is 8.53. The van der Waals surface area contributed by atoms with Gasteiger partial charge in [0.05, 0.1) is 32.5 Å². The minimum atomic E-state index is -0.803. The molecule has 0 aliphatic carbocycles. The monoisotopic (exact) mass is 334 g/mol. The first-order valence-corrected chi connectivity index (χ1v) is 8.53. The lowest BCUT2D eigenvalue weighted by molar-refractivity contribution is -0.138. The molecule has 1 fully saturated rings. The fourth-order valence-electron chi connectivity index (χ4n) is 3.57. The van der Waals surface area contributed by atoms with Crippen molar-refractivity contribution >= 4 is 5.97 Å². The Morgan fingerprint density at radius 1 is 1.42 bits per heavy atom. The number of rotatable bonds is 6. The molecule has 0 spiro atoms. The van der Waals surface area contributed by atoms with E-state index in [-0.39, 0.29) is 12.6 Å². The minimum absolute atomic E-state index is 0.0477. The largest absolute Gasteiger partial charge is 0.480 e. The van der Waals surface area contributed by atoms with Crippen molar-refractivity contribution in [2.45, 2.75) is 25.7 Å². The topological polar surface area (TPSA) is 62.2 Å². The number of hydrogen-bond acceptors (Lipinski definition) is 5. The van der Waals surface area contributed by atoms with Crippen molar-refractivity contribution in [3.8, 4) is 0 Å². The SMILES string of the molecule is CN(CC(=O)O)CC1CN(Cc2cccc3c2CCOC3)CCO1. The van der Waals surface area contributed by atoms with Crippen LogP contribution in [0.2, 0.25) is 0 Å². The Labute approximate surface area is 143 Å². The van der Waals surface area contributed by atoms with Gasteiger partial charge in [-0.2, -0.15) is 0 Å². The van der Waals surface area contributed by atoms with Crippen molar-refractivity contribution in [3.63, 3.8) is 0 Å². The van der Waals surface area contributed by atoms with Gasteiger partial charge in [-0.15, -0.1) is 0 Å². The Bertz CT molecular complexity index is 578. The number of hydrogen-bond donors (Lipinski definition) is 1. The van der Waals surface area contributed by atoms with Crippen LogP contribution in [-0.2, 0) is 33.8 Å². The Morgan fingerprint density at radius 3 is 3.12 bits per heavy atom. The van der Waals surface area contributed by atoms with Crippen LogP contribution in [0, 0.1) is 0 Å². The van der Waals surface area contributed by atoms with Crippen molar-refractivity contribution < 1.29 is 19.4 Å². The molecule has 2 heterocycles. The molecular weight excluding hydrogens is 308 g/mol. The highest BCUT2D eigenvalue weighted by atomic mass is 16.5. The molecule has 6 nitrogen and oxygen atoms in total. The molecule has 1 atom stereocenters. The van der Waals surface area contributed by atoms with E-state index < -0.39 is 5.97 Å². The van der Waals surface area contributed by atoms with Gasteiger partial charge < -0.3 is 14.6 Å².